The number of halogens is 1. The van der Waals surface area contributed by atoms with Gasteiger partial charge >= 0.3 is 0 Å². The highest BCUT2D eigenvalue weighted by Gasteiger charge is 2.30. The van der Waals surface area contributed by atoms with E-state index >= 15 is 0 Å². The summed E-state index contributed by atoms with van der Waals surface area (Å²) in [6.07, 6.45) is 2.52. The fourth-order valence-corrected chi connectivity index (χ4v) is 3.77. The topological polar surface area (TPSA) is 12.0 Å². The zero-order valence-electron chi connectivity index (χ0n) is 10.1. The smallest absolute Gasteiger partial charge is 0.0302 e. The highest BCUT2D eigenvalue weighted by molar-refractivity contribution is 9.10. The molecule has 1 nitrogen and oxygen atoms in total. The first-order valence-corrected chi connectivity index (χ1v) is 8.00. The fourth-order valence-electron chi connectivity index (χ4n) is 2.50. The summed E-state index contributed by atoms with van der Waals surface area (Å²) in [6, 6.07) is 13.6. The summed E-state index contributed by atoms with van der Waals surface area (Å²) in [5, 5.41) is 5.78. The molecule has 0 atom stereocenters. The molecule has 1 heterocycles. The first kappa shape index (κ1) is 12.4. The van der Waals surface area contributed by atoms with E-state index in [2.05, 4.69) is 63.0 Å². The summed E-state index contributed by atoms with van der Waals surface area (Å²) in [5.41, 5.74) is 1.46. The summed E-state index contributed by atoms with van der Waals surface area (Å²) in [5.74, 6) is 0.724. The van der Waals surface area contributed by atoms with Gasteiger partial charge in [0.25, 0.3) is 0 Å². The summed E-state index contributed by atoms with van der Waals surface area (Å²) in [6.45, 7) is 1.02. The van der Waals surface area contributed by atoms with Crippen molar-refractivity contribution in [2.24, 2.45) is 0 Å². The second-order valence-corrected chi connectivity index (χ2v) is 6.73. The molecular formula is C15H16BrNS. The van der Waals surface area contributed by atoms with E-state index < -0.39 is 0 Å². The molecule has 0 aliphatic heterocycles. The number of rotatable bonds is 4. The molecule has 3 rings (SSSR count). The Morgan fingerprint density at radius 1 is 1.17 bits per heavy atom. The van der Waals surface area contributed by atoms with Gasteiger partial charge in [0, 0.05) is 21.9 Å². The second-order valence-electron chi connectivity index (χ2n) is 4.85. The first-order valence-electron chi connectivity index (χ1n) is 6.33. The van der Waals surface area contributed by atoms with Crippen molar-refractivity contribution in [3.63, 3.8) is 0 Å². The van der Waals surface area contributed by atoms with E-state index in [1.54, 1.807) is 0 Å². The van der Waals surface area contributed by atoms with Gasteiger partial charge in [-0.2, -0.15) is 0 Å². The quantitative estimate of drug-likeness (QED) is 0.871. The highest BCUT2D eigenvalue weighted by Crippen LogP contribution is 2.40. The molecule has 0 saturated heterocycles. The van der Waals surface area contributed by atoms with Crippen LogP contribution in [-0.4, -0.2) is 6.04 Å². The predicted molar refractivity (Wildman–Crippen MR) is 81.1 cm³/mol. The van der Waals surface area contributed by atoms with Gasteiger partial charge in [-0.25, -0.2) is 0 Å². The van der Waals surface area contributed by atoms with E-state index in [4.69, 9.17) is 0 Å². The lowest BCUT2D eigenvalue weighted by atomic mass is 9.76. The van der Waals surface area contributed by atoms with Gasteiger partial charge in [0.15, 0.2) is 0 Å². The van der Waals surface area contributed by atoms with Gasteiger partial charge in [0.1, 0.15) is 0 Å². The fraction of sp³-hybridized carbons (Fsp3) is 0.333. The number of nitrogens with one attached hydrogen (secondary N) is 1. The van der Waals surface area contributed by atoms with Crippen LogP contribution in [0.5, 0.6) is 0 Å². The molecule has 0 unspecified atom stereocenters. The maximum absolute atomic E-state index is 3.64. The van der Waals surface area contributed by atoms with Crippen molar-refractivity contribution in [2.75, 3.05) is 0 Å². The van der Waals surface area contributed by atoms with Crippen LogP contribution < -0.4 is 5.32 Å². The van der Waals surface area contributed by atoms with Crippen molar-refractivity contribution < 1.29 is 0 Å². The van der Waals surface area contributed by atoms with Gasteiger partial charge in [0.2, 0.25) is 0 Å². The van der Waals surface area contributed by atoms with E-state index in [9.17, 15) is 0 Å². The average Bonchev–Trinajstić information content (AvgIpc) is 2.82. The van der Waals surface area contributed by atoms with E-state index in [0.29, 0.717) is 6.04 Å². The van der Waals surface area contributed by atoms with Crippen LogP contribution in [0.15, 0.2) is 46.3 Å². The molecule has 1 aliphatic rings. The van der Waals surface area contributed by atoms with Crippen molar-refractivity contribution in [1.82, 2.24) is 5.32 Å². The van der Waals surface area contributed by atoms with Gasteiger partial charge < -0.3 is 5.32 Å². The highest BCUT2D eigenvalue weighted by atomic mass is 79.9. The minimum absolute atomic E-state index is 0.684. The zero-order chi connectivity index (χ0) is 12.4. The van der Waals surface area contributed by atoms with Crippen molar-refractivity contribution >= 4 is 27.3 Å². The molecule has 1 N–H and O–H groups in total. The average molecular weight is 322 g/mol. The minimum atomic E-state index is 0.684. The number of benzene rings is 1. The molecule has 0 amide bonds. The maximum atomic E-state index is 3.64. The van der Waals surface area contributed by atoms with Crippen LogP contribution in [0.2, 0.25) is 0 Å². The molecule has 1 aromatic heterocycles. The van der Waals surface area contributed by atoms with E-state index in [-0.39, 0.29) is 0 Å². The molecule has 1 saturated carbocycles. The van der Waals surface area contributed by atoms with Crippen LogP contribution in [0, 0.1) is 0 Å². The first-order chi connectivity index (χ1) is 8.83. The van der Waals surface area contributed by atoms with Crippen LogP contribution >= 0.6 is 27.3 Å². The largest absolute Gasteiger partial charge is 0.309 e. The van der Waals surface area contributed by atoms with E-state index in [0.717, 1.165) is 12.5 Å². The van der Waals surface area contributed by atoms with Crippen LogP contribution in [0.3, 0.4) is 0 Å². The van der Waals surface area contributed by atoms with Crippen molar-refractivity contribution in [1.29, 1.82) is 0 Å². The summed E-state index contributed by atoms with van der Waals surface area (Å²) in [7, 11) is 0. The molecule has 0 radical (unpaired) electrons. The van der Waals surface area contributed by atoms with E-state index in [1.807, 2.05) is 11.3 Å². The number of hydrogen-bond acceptors (Lipinski definition) is 2. The molecule has 2 aromatic rings. The van der Waals surface area contributed by atoms with Crippen LogP contribution in [0.25, 0.3) is 0 Å². The zero-order valence-corrected chi connectivity index (χ0v) is 12.5. The summed E-state index contributed by atoms with van der Waals surface area (Å²) >= 11 is 5.47. The molecule has 0 spiro atoms. The van der Waals surface area contributed by atoms with Crippen LogP contribution in [0.1, 0.15) is 29.2 Å². The Balaban J connectivity index is 1.50. The van der Waals surface area contributed by atoms with Gasteiger partial charge in [-0.15, -0.1) is 11.3 Å². The molecule has 1 aliphatic carbocycles. The normalized spacial score (nSPS) is 22.7. The Morgan fingerprint density at radius 2 is 2.00 bits per heavy atom. The third-order valence-corrected chi connectivity index (χ3v) is 5.23. The van der Waals surface area contributed by atoms with Crippen molar-refractivity contribution in [3.05, 3.63) is 56.7 Å². The Kier molecular flexibility index (Phi) is 3.83. The Labute approximate surface area is 120 Å². The summed E-state index contributed by atoms with van der Waals surface area (Å²) < 4.78 is 1.26. The Bertz CT molecular complexity index is 503. The molecule has 94 valence electrons. The minimum Gasteiger partial charge on any atom is -0.309 e. The number of thiophene rings is 1. The van der Waals surface area contributed by atoms with Gasteiger partial charge in [-0.3, -0.25) is 0 Å². The van der Waals surface area contributed by atoms with Crippen LogP contribution in [-0.2, 0) is 6.54 Å². The Morgan fingerprint density at radius 3 is 2.72 bits per heavy atom. The second kappa shape index (κ2) is 5.55. The molecule has 1 aromatic carbocycles. The third-order valence-electron chi connectivity index (χ3n) is 3.63. The molecule has 1 fully saturated rings. The molecule has 18 heavy (non-hydrogen) atoms. The van der Waals surface area contributed by atoms with Crippen molar-refractivity contribution in [2.45, 2.75) is 31.3 Å². The molecule has 0 bridgehead atoms. The lowest BCUT2D eigenvalue weighted by Crippen LogP contribution is -2.39. The van der Waals surface area contributed by atoms with Gasteiger partial charge in [-0.05, 0) is 41.8 Å². The van der Waals surface area contributed by atoms with Gasteiger partial charge in [0.05, 0.1) is 0 Å². The standard InChI is InChI=1S/C15H16BrNS/c16-15-6-2-1-5-14(15)11-8-12(9-11)17-10-13-4-3-7-18-13/h1-7,11-12,17H,8-10H2. The molecule has 3 heteroatoms. The lowest BCUT2D eigenvalue weighted by Gasteiger charge is -2.36. The monoisotopic (exact) mass is 321 g/mol. The number of hydrogen-bond donors (Lipinski definition) is 1. The van der Waals surface area contributed by atoms with Gasteiger partial charge in [-0.1, -0.05) is 40.2 Å². The SMILES string of the molecule is Brc1ccccc1C1CC(NCc2cccs2)C1. The maximum Gasteiger partial charge on any atom is 0.0302 e. The third kappa shape index (κ3) is 2.68. The summed E-state index contributed by atoms with van der Waals surface area (Å²) in [4.78, 5) is 1.43. The Hall–Kier alpha value is -0.640. The van der Waals surface area contributed by atoms with Crippen molar-refractivity contribution in [3.8, 4) is 0 Å². The van der Waals surface area contributed by atoms with Crippen LogP contribution in [0.4, 0.5) is 0 Å². The molecular weight excluding hydrogens is 306 g/mol. The predicted octanol–water partition coefficient (Wildman–Crippen LogP) is 4.55. The van der Waals surface area contributed by atoms with E-state index in [1.165, 1.54) is 27.8 Å². The lowest BCUT2D eigenvalue weighted by molar-refractivity contribution is 0.289.